The Morgan fingerprint density at radius 2 is 2.19 bits per heavy atom. The van der Waals surface area contributed by atoms with E-state index in [-0.39, 0.29) is 11.3 Å². The van der Waals surface area contributed by atoms with Crippen molar-refractivity contribution in [2.45, 2.75) is 27.2 Å². The smallest absolute Gasteiger partial charge is 0.226 e. The Morgan fingerprint density at radius 3 is 2.62 bits per heavy atom. The molecule has 0 bridgehead atoms. The lowest BCUT2D eigenvalue weighted by molar-refractivity contribution is -0.131. The molecule has 3 heteroatoms. The summed E-state index contributed by atoms with van der Waals surface area (Å²) in [5.74, 6) is 1.07. The van der Waals surface area contributed by atoms with Crippen LogP contribution < -0.4 is 0 Å². The molecule has 0 radical (unpaired) electrons. The summed E-state index contributed by atoms with van der Waals surface area (Å²) in [5.41, 5.74) is 0.231. The van der Waals surface area contributed by atoms with E-state index in [1.54, 1.807) is 0 Å². The molecule has 1 heterocycles. The van der Waals surface area contributed by atoms with Crippen LogP contribution >= 0.6 is 22.6 Å². The molecule has 1 rings (SSSR count). The van der Waals surface area contributed by atoms with Crippen molar-refractivity contribution in [2.75, 3.05) is 17.5 Å². The van der Waals surface area contributed by atoms with E-state index in [1.807, 2.05) is 11.0 Å². The summed E-state index contributed by atoms with van der Waals surface area (Å²) >= 11 is 2.40. The second kappa shape index (κ2) is 5.52. The summed E-state index contributed by atoms with van der Waals surface area (Å²) in [6.45, 7) is 12.0. The molecular formula is C13H22INO. The Kier molecular flexibility index (Phi) is 4.83. The molecule has 0 spiro atoms. The highest BCUT2D eigenvalue weighted by Gasteiger charge is 2.40. The number of rotatable bonds is 4. The lowest BCUT2D eigenvalue weighted by Gasteiger charge is -2.24. The van der Waals surface area contributed by atoms with Crippen LogP contribution in [0, 0.1) is 17.3 Å². The number of hydrogen-bond donors (Lipinski definition) is 0. The first-order valence-electron chi connectivity index (χ1n) is 5.84. The molecule has 0 N–H and O–H groups in total. The molecule has 0 unspecified atom stereocenters. The van der Waals surface area contributed by atoms with Crippen LogP contribution in [-0.2, 0) is 4.79 Å². The molecule has 16 heavy (non-hydrogen) atoms. The third kappa shape index (κ3) is 3.47. The summed E-state index contributed by atoms with van der Waals surface area (Å²) in [7, 11) is 0. The first-order chi connectivity index (χ1) is 7.39. The van der Waals surface area contributed by atoms with Gasteiger partial charge in [-0.2, -0.15) is 0 Å². The van der Waals surface area contributed by atoms with Gasteiger partial charge in [0.2, 0.25) is 5.91 Å². The molecule has 2 nitrogen and oxygen atoms in total. The maximum absolute atomic E-state index is 12.2. The Balaban J connectivity index is 2.73. The van der Waals surface area contributed by atoms with Gasteiger partial charge in [-0.3, -0.25) is 4.79 Å². The Hall–Kier alpha value is -0.0600. The van der Waals surface area contributed by atoms with Crippen molar-refractivity contribution in [1.82, 2.24) is 4.90 Å². The van der Waals surface area contributed by atoms with E-state index in [0.717, 1.165) is 17.4 Å². The number of hydrogen-bond acceptors (Lipinski definition) is 1. The number of amides is 1. The van der Waals surface area contributed by atoms with Crippen LogP contribution in [0.25, 0.3) is 0 Å². The van der Waals surface area contributed by atoms with Gasteiger partial charge in [0, 0.05) is 23.4 Å². The largest absolute Gasteiger partial charge is 0.338 e. The van der Waals surface area contributed by atoms with E-state index in [1.165, 1.54) is 0 Å². The number of halogens is 1. The van der Waals surface area contributed by atoms with Gasteiger partial charge in [-0.05, 0) is 17.8 Å². The zero-order valence-electron chi connectivity index (χ0n) is 10.5. The average Bonchev–Trinajstić information content (AvgIpc) is 2.44. The van der Waals surface area contributed by atoms with Gasteiger partial charge < -0.3 is 4.90 Å². The minimum absolute atomic E-state index is 0.219. The van der Waals surface area contributed by atoms with Crippen molar-refractivity contribution in [3.63, 3.8) is 0 Å². The van der Waals surface area contributed by atoms with E-state index in [2.05, 4.69) is 49.9 Å². The summed E-state index contributed by atoms with van der Waals surface area (Å²) in [4.78, 5) is 14.2. The van der Waals surface area contributed by atoms with Crippen LogP contribution in [0.5, 0.6) is 0 Å². The van der Waals surface area contributed by atoms with Crippen molar-refractivity contribution in [3.8, 4) is 0 Å². The van der Waals surface area contributed by atoms with Crippen LogP contribution in [0.2, 0.25) is 0 Å². The molecule has 1 aliphatic heterocycles. The monoisotopic (exact) mass is 335 g/mol. The van der Waals surface area contributed by atoms with Crippen LogP contribution in [0.1, 0.15) is 27.2 Å². The van der Waals surface area contributed by atoms with Crippen LogP contribution in [-0.4, -0.2) is 28.3 Å². The van der Waals surface area contributed by atoms with Crippen LogP contribution in [0.3, 0.4) is 0 Å². The number of likely N-dealkylation sites (tertiary alicyclic amines) is 1. The molecule has 1 saturated heterocycles. The third-order valence-electron chi connectivity index (χ3n) is 3.03. The number of alkyl halides is 1. The van der Waals surface area contributed by atoms with Crippen molar-refractivity contribution in [2.24, 2.45) is 17.3 Å². The van der Waals surface area contributed by atoms with Gasteiger partial charge in [0.25, 0.3) is 0 Å². The molecule has 0 saturated carbocycles. The van der Waals surface area contributed by atoms with Crippen molar-refractivity contribution in [1.29, 1.82) is 0 Å². The molecule has 2 atom stereocenters. The second-order valence-corrected chi connectivity index (χ2v) is 6.70. The highest BCUT2D eigenvalue weighted by molar-refractivity contribution is 14.1. The standard InChI is InChI=1S/C13H22INO/c1-5-6-15-9-10(8-14)11(12(15)16)7-13(2,3)4/h5,10-11H,1,6-9H2,2-4H3/t10-,11+/m0/s1. The lowest BCUT2D eigenvalue weighted by Crippen LogP contribution is -2.29. The second-order valence-electron chi connectivity index (χ2n) is 5.82. The van der Waals surface area contributed by atoms with E-state index >= 15 is 0 Å². The first-order valence-corrected chi connectivity index (χ1v) is 7.37. The van der Waals surface area contributed by atoms with E-state index in [9.17, 15) is 4.79 Å². The van der Waals surface area contributed by atoms with Crippen molar-refractivity contribution < 1.29 is 4.79 Å². The molecule has 0 aromatic rings. The van der Waals surface area contributed by atoms with E-state index in [0.29, 0.717) is 18.4 Å². The summed E-state index contributed by atoms with van der Waals surface area (Å²) < 4.78 is 1.07. The Bertz CT molecular complexity index is 270. The topological polar surface area (TPSA) is 20.3 Å². The van der Waals surface area contributed by atoms with Gasteiger partial charge in [0.1, 0.15) is 0 Å². The SMILES string of the molecule is C=CCN1C[C@H](CI)[C@@H](CC(C)(C)C)C1=O. The van der Waals surface area contributed by atoms with Gasteiger partial charge in [-0.15, -0.1) is 6.58 Å². The molecule has 1 aliphatic rings. The number of carbonyl (C=O) groups excluding carboxylic acids is 1. The fraction of sp³-hybridized carbons (Fsp3) is 0.769. The molecule has 0 aromatic heterocycles. The van der Waals surface area contributed by atoms with Gasteiger partial charge in [-0.1, -0.05) is 49.4 Å². The first kappa shape index (κ1) is 14.0. The van der Waals surface area contributed by atoms with E-state index < -0.39 is 0 Å². The highest BCUT2D eigenvalue weighted by Crippen LogP contribution is 2.35. The maximum atomic E-state index is 12.2. The zero-order valence-corrected chi connectivity index (χ0v) is 12.7. The average molecular weight is 335 g/mol. The predicted molar refractivity (Wildman–Crippen MR) is 76.7 cm³/mol. The highest BCUT2D eigenvalue weighted by atomic mass is 127. The van der Waals surface area contributed by atoms with Crippen molar-refractivity contribution >= 4 is 28.5 Å². The fourth-order valence-corrected chi connectivity index (χ4v) is 3.22. The zero-order chi connectivity index (χ0) is 12.3. The minimum Gasteiger partial charge on any atom is -0.338 e. The molecule has 0 aromatic carbocycles. The lowest BCUT2D eigenvalue weighted by atomic mass is 9.80. The summed E-state index contributed by atoms with van der Waals surface area (Å²) in [5, 5.41) is 0. The maximum Gasteiger partial charge on any atom is 0.226 e. The Morgan fingerprint density at radius 1 is 1.56 bits per heavy atom. The number of carbonyl (C=O) groups is 1. The molecular weight excluding hydrogens is 313 g/mol. The molecule has 92 valence electrons. The molecule has 1 fully saturated rings. The van der Waals surface area contributed by atoms with Gasteiger partial charge >= 0.3 is 0 Å². The summed E-state index contributed by atoms with van der Waals surface area (Å²) in [6, 6.07) is 0. The fourth-order valence-electron chi connectivity index (χ4n) is 2.33. The Labute approximate surface area is 113 Å². The van der Waals surface area contributed by atoms with Crippen molar-refractivity contribution in [3.05, 3.63) is 12.7 Å². The van der Waals surface area contributed by atoms with Crippen LogP contribution in [0.4, 0.5) is 0 Å². The minimum atomic E-state index is 0.219. The predicted octanol–water partition coefficient (Wildman–Crippen LogP) is 3.12. The van der Waals surface area contributed by atoms with E-state index in [4.69, 9.17) is 0 Å². The van der Waals surface area contributed by atoms with Gasteiger partial charge in [0.15, 0.2) is 0 Å². The summed E-state index contributed by atoms with van der Waals surface area (Å²) in [6.07, 6.45) is 2.81. The molecule has 0 aliphatic carbocycles. The number of nitrogens with zero attached hydrogens (tertiary/aromatic N) is 1. The quantitative estimate of drug-likeness (QED) is 0.439. The third-order valence-corrected chi connectivity index (χ3v) is 4.16. The van der Waals surface area contributed by atoms with Gasteiger partial charge in [0.05, 0.1) is 0 Å². The van der Waals surface area contributed by atoms with Gasteiger partial charge in [-0.25, -0.2) is 0 Å². The molecule has 1 amide bonds. The normalized spacial score (nSPS) is 26.2. The van der Waals surface area contributed by atoms with Crippen LogP contribution in [0.15, 0.2) is 12.7 Å².